The zero-order chi connectivity index (χ0) is 13.1. The van der Waals surface area contributed by atoms with Crippen molar-refractivity contribution in [3.05, 3.63) is 0 Å². The van der Waals surface area contributed by atoms with Gasteiger partial charge in [-0.05, 0) is 12.8 Å². The summed E-state index contributed by atoms with van der Waals surface area (Å²) in [6.07, 6.45) is 0.247. The summed E-state index contributed by atoms with van der Waals surface area (Å²) in [6.45, 7) is 1.32. The average molecular weight is 248 g/mol. The highest BCUT2D eigenvalue weighted by Crippen LogP contribution is 1.89. The third-order valence-corrected chi connectivity index (χ3v) is 2.05. The topological polar surface area (TPSA) is 108 Å². The Morgan fingerprint density at radius 2 is 1.88 bits per heavy atom. The first kappa shape index (κ1) is 15.7. The molecule has 0 saturated heterocycles. The summed E-state index contributed by atoms with van der Waals surface area (Å²) in [5, 5.41) is 22.4. The van der Waals surface area contributed by atoms with E-state index in [9.17, 15) is 9.59 Å². The summed E-state index contributed by atoms with van der Waals surface area (Å²) >= 11 is 0. The van der Waals surface area contributed by atoms with Crippen molar-refractivity contribution in [1.82, 2.24) is 10.6 Å². The molecule has 0 spiro atoms. The number of nitrogens with one attached hydrogen (secondary N) is 2. The Balaban J connectivity index is 3.38. The molecular formula is C10H20N2O5. The first-order valence-corrected chi connectivity index (χ1v) is 5.49. The molecule has 0 aromatic heterocycles. The molecule has 0 aromatic carbocycles. The number of rotatable bonds is 9. The SMILES string of the molecule is COCCCCNC(=O)NCC[C@H](O)C(=O)O. The first-order valence-electron chi connectivity index (χ1n) is 5.49. The number of carboxylic acid groups (broad SMARTS) is 1. The van der Waals surface area contributed by atoms with E-state index < -0.39 is 12.1 Å². The summed E-state index contributed by atoms with van der Waals surface area (Å²) in [4.78, 5) is 21.4. The standard InChI is InChI=1S/C10H20N2O5/c1-17-7-3-2-5-11-10(16)12-6-4-8(13)9(14)15/h8,13H,2-7H2,1H3,(H,14,15)(H2,11,12,16)/t8-/m0/s1. The van der Waals surface area contributed by atoms with E-state index in [1.165, 1.54) is 0 Å². The van der Waals surface area contributed by atoms with Crippen LogP contribution in [0.15, 0.2) is 0 Å². The van der Waals surface area contributed by atoms with Gasteiger partial charge in [0.25, 0.3) is 0 Å². The molecule has 0 fully saturated rings. The number of aliphatic hydroxyl groups is 1. The number of ether oxygens (including phenoxy) is 1. The smallest absolute Gasteiger partial charge is 0.332 e. The van der Waals surface area contributed by atoms with Crippen molar-refractivity contribution in [1.29, 1.82) is 0 Å². The van der Waals surface area contributed by atoms with Gasteiger partial charge >= 0.3 is 12.0 Å². The third kappa shape index (κ3) is 9.58. The van der Waals surface area contributed by atoms with Crippen LogP contribution in [-0.2, 0) is 9.53 Å². The fraction of sp³-hybridized carbons (Fsp3) is 0.800. The second kappa shape index (κ2) is 9.86. The number of carbonyl (C=O) groups excluding carboxylic acids is 1. The zero-order valence-corrected chi connectivity index (χ0v) is 9.94. The maximum absolute atomic E-state index is 11.1. The van der Waals surface area contributed by atoms with Crippen molar-refractivity contribution in [2.24, 2.45) is 0 Å². The van der Waals surface area contributed by atoms with Crippen LogP contribution in [-0.4, -0.2) is 55.1 Å². The number of urea groups is 1. The van der Waals surface area contributed by atoms with Gasteiger partial charge < -0.3 is 25.6 Å². The van der Waals surface area contributed by atoms with Crippen molar-refractivity contribution in [2.75, 3.05) is 26.8 Å². The van der Waals surface area contributed by atoms with E-state index in [4.69, 9.17) is 14.9 Å². The number of hydrogen-bond acceptors (Lipinski definition) is 4. The second-order valence-corrected chi connectivity index (χ2v) is 3.53. The lowest BCUT2D eigenvalue weighted by atomic mass is 10.2. The Bertz CT molecular complexity index is 235. The summed E-state index contributed by atoms with van der Waals surface area (Å²) < 4.78 is 4.85. The Morgan fingerprint density at radius 1 is 1.24 bits per heavy atom. The Morgan fingerprint density at radius 3 is 2.47 bits per heavy atom. The molecule has 0 unspecified atom stereocenters. The minimum atomic E-state index is -1.43. The lowest BCUT2D eigenvalue weighted by Gasteiger charge is -2.08. The second-order valence-electron chi connectivity index (χ2n) is 3.53. The third-order valence-electron chi connectivity index (χ3n) is 2.05. The number of aliphatic carboxylic acids is 1. The van der Waals surface area contributed by atoms with Gasteiger partial charge in [-0.2, -0.15) is 0 Å². The molecule has 0 heterocycles. The molecule has 100 valence electrons. The van der Waals surface area contributed by atoms with Gasteiger partial charge in [0.15, 0.2) is 6.10 Å². The van der Waals surface area contributed by atoms with Crippen molar-refractivity contribution in [3.63, 3.8) is 0 Å². The molecule has 0 bridgehead atoms. The van der Waals surface area contributed by atoms with Gasteiger partial charge in [0.1, 0.15) is 0 Å². The van der Waals surface area contributed by atoms with Crippen LogP contribution in [0.5, 0.6) is 0 Å². The van der Waals surface area contributed by atoms with Crippen LogP contribution < -0.4 is 10.6 Å². The summed E-state index contributed by atoms with van der Waals surface area (Å²) in [7, 11) is 1.62. The number of amides is 2. The maximum atomic E-state index is 11.1. The molecule has 0 aliphatic heterocycles. The van der Waals surface area contributed by atoms with Crippen molar-refractivity contribution in [3.8, 4) is 0 Å². The highest BCUT2D eigenvalue weighted by Gasteiger charge is 2.12. The molecule has 4 N–H and O–H groups in total. The van der Waals surface area contributed by atoms with Crippen LogP contribution in [0.4, 0.5) is 4.79 Å². The number of unbranched alkanes of at least 4 members (excludes halogenated alkanes) is 1. The largest absolute Gasteiger partial charge is 0.479 e. The molecule has 0 aliphatic carbocycles. The number of carboxylic acids is 1. The van der Waals surface area contributed by atoms with Crippen LogP contribution >= 0.6 is 0 Å². The fourth-order valence-corrected chi connectivity index (χ4v) is 1.08. The van der Waals surface area contributed by atoms with E-state index in [-0.39, 0.29) is 19.0 Å². The van der Waals surface area contributed by atoms with E-state index in [1.54, 1.807) is 7.11 Å². The van der Waals surface area contributed by atoms with Crippen LogP contribution in [0.2, 0.25) is 0 Å². The molecule has 0 rings (SSSR count). The molecule has 7 nitrogen and oxygen atoms in total. The van der Waals surface area contributed by atoms with Crippen LogP contribution in [0, 0.1) is 0 Å². The molecule has 0 saturated carbocycles. The predicted octanol–water partition coefficient (Wildman–Crippen LogP) is -0.452. The Hall–Kier alpha value is -1.34. The molecule has 2 amide bonds. The van der Waals surface area contributed by atoms with Gasteiger partial charge in [0.05, 0.1) is 0 Å². The summed E-state index contributed by atoms with van der Waals surface area (Å²) in [5.41, 5.74) is 0. The molecule has 0 radical (unpaired) electrons. The molecule has 17 heavy (non-hydrogen) atoms. The van der Waals surface area contributed by atoms with Gasteiger partial charge in [-0.15, -0.1) is 0 Å². The first-order chi connectivity index (χ1) is 8.07. The molecular weight excluding hydrogens is 228 g/mol. The van der Waals surface area contributed by atoms with E-state index in [0.717, 1.165) is 12.8 Å². The Labute approximate surface area is 100 Å². The fourth-order valence-electron chi connectivity index (χ4n) is 1.08. The van der Waals surface area contributed by atoms with Crippen molar-refractivity contribution in [2.45, 2.75) is 25.4 Å². The zero-order valence-electron chi connectivity index (χ0n) is 9.94. The van der Waals surface area contributed by atoms with Gasteiger partial charge in [-0.25, -0.2) is 9.59 Å². The highest BCUT2D eigenvalue weighted by atomic mass is 16.5. The lowest BCUT2D eigenvalue weighted by molar-refractivity contribution is -0.146. The molecule has 7 heteroatoms. The number of hydrogen-bond donors (Lipinski definition) is 4. The van der Waals surface area contributed by atoms with Crippen LogP contribution in [0.1, 0.15) is 19.3 Å². The van der Waals surface area contributed by atoms with E-state index in [2.05, 4.69) is 10.6 Å². The minimum absolute atomic E-state index is 0.00751. The lowest BCUT2D eigenvalue weighted by Crippen LogP contribution is -2.38. The van der Waals surface area contributed by atoms with E-state index >= 15 is 0 Å². The molecule has 0 aliphatic rings. The van der Waals surface area contributed by atoms with Crippen molar-refractivity contribution < 1.29 is 24.5 Å². The maximum Gasteiger partial charge on any atom is 0.332 e. The predicted molar refractivity (Wildman–Crippen MR) is 60.8 cm³/mol. The number of aliphatic hydroxyl groups excluding tert-OH is 1. The van der Waals surface area contributed by atoms with Crippen LogP contribution in [0.3, 0.4) is 0 Å². The number of carbonyl (C=O) groups is 2. The molecule has 1 atom stereocenters. The van der Waals surface area contributed by atoms with E-state index in [0.29, 0.717) is 13.2 Å². The molecule has 0 aromatic rings. The summed E-state index contributed by atoms with van der Waals surface area (Å²) in [5.74, 6) is -1.29. The van der Waals surface area contributed by atoms with Gasteiger partial charge in [0.2, 0.25) is 0 Å². The Kier molecular flexibility index (Phi) is 9.08. The van der Waals surface area contributed by atoms with Gasteiger partial charge in [-0.1, -0.05) is 0 Å². The number of methoxy groups -OCH3 is 1. The van der Waals surface area contributed by atoms with Gasteiger partial charge in [-0.3, -0.25) is 0 Å². The van der Waals surface area contributed by atoms with Gasteiger partial charge in [0, 0.05) is 33.2 Å². The summed E-state index contributed by atoms with van der Waals surface area (Å²) in [6, 6.07) is -0.361. The highest BCUT2D eigenvalue weighted by molar-refractivity contribution is 5.74. The van der Waals surface area contributed by atoms with E-state index in [1.807, 2.05) is 0 Å². The average Bonchev–Trinajstić information content (AvgIpc) is 2.28. The monoisotopic (exact) mass is 248 g/mol. The quantitative estimate of drug-likeness (QED) is 0.413. The van der Waals surface area contributed by atoms with Crippen LogP contribution in [0.25, 0.3) is 0 Å². The minimum Gasteiger partial charge on any atom is -0.479 e. The van der Waals surface area contributed by atoms with Crippen molar-refractivity contribution >= 4 is 12.0 Å². The normalized spacial score (nSPS) is 11.9.